The van der Waals surface area contributed by atoms with Gasteiger partial charge in [-0.05, 0) is 36.8 Å². The van der Waals surface area contributed by atoms with Crippen LogP contribution >= 0.6 is 11.3 Å². The number of primary amides is 1. The molecule has 0 aliphatic heterocycles. The summed E-state index contributed by atoms with van der Waals surface area (Å²) in [6.07, 6.45) is 4.06. The van der Waals surface area contributed by atoms with Crippen LogP contribution in [0.4, 0.5) is 5.00 Å². The SMILES string of the molecule is C[C@@H]1CCc2c(sc(NC(=O)c3ccc(=O)[nH]c3)c2C(N)=O)C1. The molecular weight excluding hydrogens is 314 g/mol. The maximum absolute atomic E-state index is 12.3. The van der Waals surface area contributed by atoms with Crippen molar-refractivity contribution in [1.29, 1.82) is 0 Å². The van der Waals surface area contributed by atoms with E-state index in [9.17, 15) is 14.4 Å². The average molecular weight is 331 g/mol. The Bertz CT molecular complexity index is 817. The molecule has 0 saturated carbocycles. The standard InChI is InChI=1S/C16H17N3O3S/c1-8-2-4-10-11(6-8)23-16(13(10)14(17)21)19-15(22)9-3-5-12(20)18-7-9/h3,5,7-8H,2,4,6H2,1H3,(H2,17,21)(H,18,20)(H,19,22)/t8-/m1/s1. The van der Waals surface area contributed by atoms with E-state index >= 15 is 0 Å². The second kappa shape index (κ2) is 6.00. The first-order chi connectivity index (χ1) is 11.0. The van der Waals surface area contributed by atoms with E-state index in [2.05, 4.69) is 17.2 Å². The van der Waals surface area contributed by atoms with Crippen LogP contribution in [0.1, 0.15) is 44.5 Å². The van der Waals surface area contributed by atoms with Gasteiger partial charge in [-0.15, -0.1) is 11.3 Å². The molecule has 2 amide bonds. The Balaban J connectivity index is 1.93. The molecule has 1 aliphatic carbocycles. The smallest absolute Gasteiger partial charge is 0.257 e. The number of hydrogen-bond acceptors (Lipinski definition) is 4. The first kappa shape index (κ1) is 15.5. The number of thiophene rings is 1. The molecule has 4 N–H and O–H groups in total. The molecule has 0 bridgehead atoms. The molecule has 0 spiro atoms. The zero-order valence-electron chi connectivity index (χ0n) is 12.6. The second-order valence-corrected chi connectivity index (χ2v) is 6.92. The normalized spacial score (nSPS) is 16.7. The number of pyridine rings is 1. The number of carbonyl (C=O) groups excluding carboxylic acids is 2. The van der Waals surface area contributed by atoms with E-state index in [0.717, 1.165) is 29.7 Å². The Morgan fingerprint density at radius 1 is 1.39 bits per heavy atom. The number of fused-ring (bicyclic) bond motifs is 1. The molecule has 2 heterocycles. The second-order valence-electron chi connectivity index (χ2n) is 5.82. The van der Waals surface area contributed by atoms with Crippen molar-refractivity contribution in [2.24, 2.45) is 11.7 Å². The lowest BCUT2D eigenvalue weighted by Crippen LogP contribution is -2.19. The molecule has 2 aromatic rings. The van der Waals surface area contributed by atoms with Gasteiger partial charge in [-0.1, -0.05) is 6.92 Å². The summed E-state index contributed by atoms with van der Waals surface area (Å²) in [5.74, 6) is -0.339. The predicted octanol–water partition coefficient (Wildman–Crippen LogP) is 1.91. The van der Waals surface area contributed by atoms with Gasteiger partial charge < -0.3 is 16.0 Å². The van der Waals surface area contributed by atoms with Crippen molar-refractivity contribution >= 4 is 28.2 Å². The number of nitrogens with two attached hydrogens (primary N) is 1. The number of rotatable bonds is 3. The van der Waals surface area contributed by atoms with Gasteiger partial charge in [0.15, 0.2) is 0 Å². The van der Waals surface area contributed by atoms with Crippen molar-refractivity contribution in [3.63, 3.8) is 0 Å². The number of carbonyl (C=O) groups is 2. The highest BCUT2D eigenvalue weighted by atomic mass is 32.1. The fourth-order valence-corrected chi connectivity index (χ4v) is 4.24. The Morgan fingerprint density at radius 3 is 2.83 bits per heavy atom. The molecular formula is C16H17N3O3S. The Kier molecular flexibility index (Phi) is 4.04. The summed E-state index contributed by atoms with van der Waals surface area (Å²) in [6.45, 7) is 2.17. The van der Waals surface area contributed by atoms with Crippen molar-refractivity contribution < 1.29 is 9.59 Å². The maximum Gasteiger partial charge on any atom is 0.257 e. The number of H-pyrrole nitrogens is 1. The van der Waals surface area contributed by atoms with Gasteiger partial charge in [-0.2, -0.15) is 0 Å². The van der Waals surface area contributed by atoms with Gasteiger partial charge in [0.1, 0.15) is 5.00 Å². The lowest BCUT2D eigenvalue weighted by atomic mass is 9.88. The largest absolute Gasteiger partial charge is 0.365 e. The summed E-state index contributed by atoms with van der Waals surface area (Å²) in [7, 11) is 0. The molecule has 1 atom stereocenters. The predicted molar refractivity (Wildman–Crippen MR) is 89.0 cm³/mol. The van der Waals surface area contributed by atoms with Gasteiger partial charge in [-0.3, -0.25) is 14.4 Å². The highest BCUT2D eigenvalue weighted by Gasteiger charge is 2.27. The van der Waals surface area contributed by atoms with Gasteiger partial charge in [0.2, 0.25) is 5.56 Å². The lowest BCUT2D eigenvalue weighted by molar-refractivity contribution is 0.1000. The Morgan fingerprint density at radius 2 is 2.17 bits per heavy atom. The number of anilines is 1. The van der Waals surface area contributed by atoms with Crippen molar-refractivity contribution in [2.45, 2.75) is 26.2 Å². The zero-order chi connectivity index (χ0) is 16.6. The molecule has 6 nitrogen and oxygen atoms in total. The van der Waals surface area contributed by atoms with Crippen LogP contribution in [0.3, 0.4) is 0 Å². The van der Waals surface area contributed by atoms with Crippen LogP contribution in [0.2, 0.25) is 0 Å². The maximum atomic E-state index is 12.3. The van der Waals surface area contributed by atoms with E-state index in [4.69, 9.17) is 5.73 Å². The molecule has 2 aromatic heterocycles. The fourth-order valence-electron chi connectivity index (χ4n) is 2.83. The van der Waals surface area contributed by atoms with Crippen LogP contribution in [0.25, 0.3) is 0 Å². The summed E-state index contributed by atoms with van der Waals surface area (Å²) in [6, 6.07) is 2.72. The van der Waals surface area contributed by atoms with E-state index in [-0.39, 0.29) is 11.5 Å². The van der Waals surface area contributed by atoms with E-state index in [1.807, 2.05) is 0 Å². The summed E-state index contributed by atoms with van der Waals surface area (Å²) in [4.78, 5) is 38.8. The fraction of sp³-hybridized carbons (Fsp3) is 0.312. The van der Waals surface area contributed by atoms with Crippen LogP contribution in [-0.2, 0) is 12.8 Å². The quantitative estimate of drug-likeness (QED) is 0.800. The molecule has 120 valence electrons. The number of aromatic nitrogens is 1. The summed E-state index contributed by atoms with van der Waals surface area (Å²) in [5, 5.41) is 3.25. The highest BCUT2D eigenvalue weighted by molar-refractivity contribution is 7.17. The minimum absolute atomic E-state index is 0.278. The summed E-state index contributed by atoms with van der Waals surface area (Å²) >= 11 is 1.42. The third-order valence-electron chi connectivity index (χ3n) is 4.03. The van der Waals surface area contributed by atoms with Gasteiger partial charge in [0.25, 0.3) is 11.8 Å². The van der Waals surface area contributed by atoms with E-state index in [1.165, 1.54) is 29.7 Å². The molecule has 1 aliphatic rings. The van der Waals surface area contributed by atoms with E-state index in [1.54, 1.807) is 0 Å². The summed E-state index contributed by atoms with van der Waals surface area (Å²) in [5.41, 5.74) is 6.96. The molecule has 3 rings (SSSR count). The van der Waals surface area contributed by atoms with Crippen molar-refractivity contribution in [2.75, 3.05) is 5.32 Å². The van der Waals surface area contributed by atoms with Crippen LogP contribution in [0, 0.1) is 5.92 Å². The van der Waals surface area contributed by atoms with Gasteiger partial charge >= 0.3 is 0 Å². The average Bonchev–Trinajstić information content (AvgIpc) is 2.84. The van der Waals surface area contributed by atoms with Crippen LogP contribution in [0.5, 0.6) is 0 Å². The molecule has 7 heteroatoms. The third-order valence-corrected chi connectivity index (χ3v) is 5.20. The van der Waals surface area contributed by atoms with Crippen LogP contribution in [-0.4, -0.2) is 16.8 Å². The van der Waals surface area contributed by atoms with E-state index in [0.29, 0.717) is 22.0 Å². The molecule has 0 aromatic carbocycles. The van der Waals surface area contributed by atoms with Crippen LogP contribution in [0.15, 0.2) is 23.1 Å². The molecule has 0 fully saturated rings. The first-order valence-corrected chi connectivity index (χ1v) is 8.21. The highest BCUT2D eigenvalue weighted by Crippen LogP contribution is 2.39. The molecule has 23 heavy (non-hydrogen) atoms. The number of nitrogens with one attached hydrogen (secondary N) is 2. The van der Waals surface area contributed by atoms with Gasteiger partial charge in [0.05, 0.1) is 11.1 Å². The van der Waals surface area contributed by atoms with E-state index < -0.39 is 5.91 Å². The molecule has 0 saturated heterocycles. The van der Waals surface area contributed by atoms with Gasteiger partial charge in [-0.25, -0.2) is 0 Å². The Labute approximate surface area is 136 Å². The van der Waals surface area contributed by atoms with Crippen molar-refractivity contribution in [3.05, 3.63) is 50.3 Å². The molecule has 0 radical (unpaired) electrons. The number of aromatic amines is 1. The minimum Gasteiger partial charge on any atom is -0.365 e. The minimum atomic E-state index is -0.520. The van der Waals surface area contributed by atoms with Crippen LogP contribution < -0.4 is 16.6 Å². The van der Waals surface area contributed by atoms with Crippen molar-refractivity contribution in [1.82, 2.24) is 4.98 Å². The number of hydrogen-bond donors (Lipinski definition) is 3. The topological polar surface area (TPSA) is 105 Å². The Hall–Kier alpha value is -2.41. The van der Waals surface area contributed by atoms with Gasteiger partial charge in [0, 0.05) is 17.1 Å². The first-order valence-electron chi connectivity index (χ1n) is 7.40. The third kappa shape index (κ3) is 3.05. The zero-order valence-corrected chi connectivity index (χ0v) is 13.5. The summed E-state index contributed by atoms with van der Waals surface area (Å²) < 4.78 is 0. The lowest BCUT2D eigenvalue weighted by Gasteiger charge is -2.18. The number of amides is 2. The monoisotopic (exact) mass is 331 g/mol. The molecule has 0 unspecified atom stereocenters. The van der Waals surface area contributed by atoms with Crippen molar-refractivity contribution in [3.8, 4) is 0 Å².